The highest BCUT2D eigenvalue weighted by molar-refractivity contribution is 5.88. The molecule has 0 heterocycles. The summed E-state index contributed by atoms with van der Waals surface area (Å²) < 4.78 is 18.2. The number of nitrogens with one attached hydrogen (secondary N) is 1. The number of hydrogen-bond acceptors (Lipinski definition) is 3. The third-order valence-corrected chi connectivity index (χ3v) is 2.97. The van der Waals surface area contributed by atoms with Crippen molar-refractivity contribution in [3.8, 4) is 0 Å². The lowest BCUT2D eigenvalue weighted by Crippen LogP contribution is -2.20. The smallest absolute Gasteiger partial charge is 0.333 e. The van der Waals surface area contributed by atoms with Crippen molar-refractivity contribution in [1.82, 2.24) is 5.32 Å². The number of ether oxygens (including phenoxy) is 1. The van der Waals surface area contributed by atoms with Crippen LogP contribution in [0.2, 0.25) is 0 Å². The fraction of sp³-hybridized carbons (Fsp3) is 0.400. The minimum Gasteiger partial charge on any atom is -0.466 e. The van der Waals surface area contributed by atoms with Crippen LogP contribution in [0.1, 0.15) is 31.9 Å². The molecule has 1 N–H and O–H groups in total. The molecule has 0 fully saturated rings. The van der Waals surface area contributed by atoms with Gasteiger partial charge in [-0.3, -0.25) is 0 Å². The quantitative estimate of drug-likeness (QED) is 0.635. The van der Waals surface area contributed by atoms with Gasteiger partial charge in [0.1, 0.15) is 5.82 Å². The van der Waals surface area contributed by atoms with Gasteiger partial charge in [0.25, 0.3) is 0 Å². The molecule has 0 aromatic heterocycles. The van der Waals surface area contributed by atoms with E-state index in [0.29, 0.717) is 24.1 Å². The van der Waals surface area contributed by atoms with E-state index in [2.05, 4.69) is 10.1 Å². The molecule has 1 aromatic carbocycles. The van der Waals surface area contributed by atoms with Crippen LogP contribution in [0.25, 0.3) is 0 Å². The van der Waals surface area contributed by atoms with Crippen molar-refractivity contribution in [3.63, 3.8) is 0 Å². The Kier molecular flexibility index (Phi) is 6.22. The van der Waals surface area contributed by atoms with Gasteiger partial charge in [0.05, 0.1) is 7.11 Å². The number of carbonyl (C=O) groups is 1. The van der Waals surface area contributed by atoms with Crippen LogP contribution in [-0.2, 0) is 9.53 Å². The van der Waals surface area contributed by atoms with E-state index < -0.39 is 0 Å². The first-order valence-electron chi connectivity index (χ1n) is 6.35. The summed E-state index contributed by atoms with van der Waals surface area (Å²) in [5.41, 5.74) is 1.24. The van der Waals surface area contributed by atoms with Gasteiger partial charge in [-0.15, -0.1) is 0 Å². The summed E-state index contributed by atoms with van der Waals surface area (Å²) in [4.78, 5) is 11.4. The Balaban J connectivity index is 2.60. The van der Waals surface area contributed by atoms with E-state index in [1.807, 2.05) is 13.8 Å². The van der Waals surface area contributed by atoms with Gasteiger partial charge in [0.2, 0.25) is 0 Å². The van der Waals surface area contributed by atoms with Gasteiger partial charge < -0.3 is 10.1 Å². The van der Waals surface area contributed by atoms with E-state index in [4.69, 9.17) is 0 Å². The van der Waals surface area contributed by atoms with Crippen molar-refractivity contribution in [2.24, 2.45) is 0 Å². The summed E-state index contributed by atoms with van der Waals surface area (Å²) in [7, 11) is 1.36. The average Bonchev–Trinajstić information content (AvgIpc) is 2.43. The molecule has 0 aliphatic rings. The van der Waals surface area contributed by atoms with Crippen LogP contribution in [0, 0.1) is 5.82 Å². The van der Waals surface area contributed by atoms with E-state index in [1.165, 1.54) is 13.2 Å². The van der Waals surface area contributed by atoms with E-state index >= 15 is 0 Å². The zero-order chi connectivity index (χ0) is 14.3. The summed E-state index contributed by atoms with van der Waals surface area (Å²) in [6.07, 6.45) is 2.39. The molecule has 1 aromatic rings. The molecule has 4 heteroatoms. The number of carbonyl (C=O) groups excluding carboxylic acids is 1. The van der Waals surface area contributed by atoms with Gasteiger partial charge in [0, 0.05) is 23.7 Å². The molecule has 0 radical (unpaired) electrons. The van der Waals surface area contributed by atoms with Crippen molar-refractivity contribution in [2.75, 3.05) is 13.7 Å². The fourth-order valence-corrected chi connectivity index (χ4v) is 1.80. The summed E-state index contributed by atoms with van der Waals surface area (Å²) in [6.45, 7) is 4.27. The zero-order valence-corrected chi connectivity index (χ0v) is 11.6. The molecule has 1 atom stereocenters. The number of methoxy groups -OCH3 is 1. The first-order chi connectivity index (χ1) is 9.10. The van der Waals surface area contributed by atoms with Gasteiger partial charge in [-0.2, -0.15) is 0 Å². The van der Waals surface area contributed by atoms with Gasteiger partial charge >= 0.3 is 5.97 Å². The highest BCUT2D eigenvalue weighted by atomic mass is 19.1. The van der Waals surface area contributed by atoms with Gasteiger partial charge in [-0.05, 0) is 19.4 Å². The fourth-order valence-electron chi connectivity index (χ4n) is 1.80. The number of benzene rings is 1. The van der Waals surface area contributed by atoms with Crippen molar-refractivity contribution in [1.29, 1.82) is 0 Å². The molecular formula is C15H20FNO2. The molecular weight excluding hydrogens is 245 g/mol. The van der Waals surface area contributed by atoms with E-state index in [0.717, 1.165) is 0 Å². The molecule has 0 aliphatic carbocycles. The van der Waals surface area contributed by atoms with Crippen molar-refractivity contribution < 1.29 is 13.9 Å². The van der Waals surface area contributed by atoms with Crippen LogP contribution >= 0.6 is 0 Å². The number of halogens is 1. The minimum atomic E-state index is -0.317. The van der Waals surface area contributed by atoms with Gasteiger partial charge in [0.15, 0.2) is 0 Å². The molecule has 0 unspecified atom stereocenters. The largest absolute Gasteiger partial charge is 0.466 e. The Morgan fingerprint density at radius 2 is 2.16 bits per heavy atom. The molecule has 0 aliphatic heterocycles. The highest BCUT2D eigenvalue weighted by Crippen LogP contribution is 2.15. The lowest BCUT2D eigenvalue weighted by atomic mass is 10.1. The maximum absolute atomic E-state index is 13.5. The van der Waals surface area contributed by atoms with Crippen molar-refractivity contribution >= 4 is 5.97 Å². The van der Waals surface area contributed by atoms with Crippen LogP contribution in [0.3, 0.4) is 0 Å². The summed E-state index contributed by atoms with van der Waals surface area (Å²) in [5, 5.41) is 3.16. The van der Waals surface area contributed by atoms with Crippen LogP contribution in [0.4, 0.5) is 4.39 Å². The SMILES string of the molecule is CC/C(=C/CN[C@H](C)c1ccccc1F)C(=O)OC. The van der Waals surface area contributed by atoms with Gasteiger partial charge in [-0.25, -0.2) is 9.18 Å². The third-order valence-electron chi connectivity index (χ3n) is 2.97. The number of hydrogen-bond donors (Lipinski definition) is 1. The van der Waals surface area contributed by atoms with Crippen LogP contribution in [0.5, 0.6) is 0 Å². The predicted octanol–water partition coefficient (Wildman–Crippen LogP) is 2.99. The summed E-state index contributed by atoms with van der Waals surface area (Å²) in [5.74, 6) is -0.544. The molecule has 1 rings (SSSR count). The number of esters is 1. The van der Waals surface area contributed by atoms with Gasteiger partial charge in [-0.1, -0.05) is 31.2 Å². The second-order valence-electron chi connectivity index (χ2n) is 4.23. The van der Waals surface area contributed by atoms with Crippen LogP contribution in [-0.4, -0.2) is 19.6 Å². The van der Waals surface area contributed by atoms with E-state index in [1.54, 1.807) is 24.3 Å². The molecule has 0 spiro atoms. The molecule has 3 nitrogen and oxygen atoms in total. The predicted molar refractivity (Wildman–Crippen MR) is 73.2 cm³/mol. The molecule has 0 amide bonds. The topological polar surface area (TPSA) is 38.3 Å². The molecule has 0 saturated carbocycles. The Morgan fingerprint density at radius 3 is 2.74 bits per heavy atom. The lowest BCUT2D eigenvalue weighted by molar-refractivity contribution is -0.136. The molecule has 0 saturated heterocycles. The third kappa shape index (κ3) is 4.48. The van der Waals surface area contributed by atoms with Crippen LogP contribution in [0.15, 0.2) is 35.9 Å². The second-order valence-corrected chi connectivity index (χ2v) is 4.23. The highest BCUT2D eigenvalue weighted by Gasteiger charge is 2.10. The number of rotatable bonds is 6. The average molecular weight is 265 g/mol. The van der Waals surface area contributed by atoms with Crippen molar-refractivity contribution in [3.05, 3.63) is 47.3 Å². The molecule has 104 valence electrons. The first-order valence-corrected chi connectivity index (χ1v) is 6.35. The molecule has 19 heavy (non-hydrogen) atoms. The summed E-state index contributed by atoms with van der Waals surface area (Å²) in [6, 6.07) is 6.54. The monoisotopic (exact) mass is 265 g/mol. The van der Waals surface area contributed by atoms with Crippen LogP contribution < -0.4 is 5.32 Å². The lowest BCUT2D eigenvalue weighted by Gasteiger charge is -2.14. The first kappa shape index (κ1) is 15.4. The molecule has 0 bridgehead atoms. The minimum absolute atomic E-state index is 0.117. The summed E-state index contributed by atoms with van der Waals surface area (Å²) >= 11 is 0. The Hall–Kier alpha value is -1.68. The van der Waals surface area contributed by atoms with Crippen molar-refractivity contribution in [2.45, 2.75) is 26.3 Å². The Labute approximate surface area is 113 Å². The van der Waals surface area contributed by atoms with E-state index in [-0.39, 0.29) is 17.8 Å². The Morgan fingerprint density at radius 1 is 1.47 bits per heavy atom. The van der Waals surface area contributed by atoms with E-state index in [9.17, 15) is 9.18 Å². The standard InChI is InChI=1S/C15H20FNO2/c1-4-12(15(18)19-3)9-10-17-11(2)13-7-5-6-8-14(13)16/h5-9,11,17H,4,10H2,1-3H3/b12-9-/t11-/m1/s1. The normalized spacial score (nSPS) is 13.2. The maximum Gasteiger partial charge on any atom is 0.333 e. The zero-order valence-electron chi connectivity index (χ0n) is 11.6. The second kappa shape index (κ2) is 7.69. The Bertz CT molecular complexity index is 457. The maximum atomic E-state index is 13.5.